The van der Waals surface area contributed by atoms with Crippen molar-refractivity contribution in [1.82, 2.24) is 5.32 Å². The molecule has 1 unspecified atom stereocenters. The number of carbonyl (C=O) groups is 1. The minimum absolute atomic E-state index is 0.00943. The molecule has 0 heterocycles. The Kier molecular flexibility index (Phi) is 5.16. The number of halogens is 1. The summed E-state index contributed by atoms with van der Waals surface area (Å²) >= 11 is 5.94. The first-order valence-corrected chi connectivity index (χ1v) is 8.22. The fourth-order valence-corrected chi connectivity index (χ4v) is 2.88. The van der Waals surface area contributed by atoms with Crippen LogP contribution in [0.15, 0.2) is 60.7 Å². The van der Waals surface area contributed by atoms with E-state index in [1.165, 1.54) is 12.1 Å². The van der Waals surface area contributed by atoms with Crippen molar-refractivity contribution in [2.75, 3.05) is 6.54 Å². The van der Waals surface area contributed by atoms with Crippen LogP contribution in [0.1, 0.15) is 22.0 Å². The molecule has 0 aliphatic heterocycles. The molecule has 1 atom stereocenters. The predicted octanol–water partition coefficient (Wildman–Crippen LogP) is 3.86. The minimum atomic E-state index is -0.889. The summed E-state index contributed by atoms with van der Waals surface area (Å²) in [5.41, 5.74) is 0.601. The van der Waals surface area contributed by atoms with Crippen LogP contribution in [0.2, 0.25) is 5.02 Å². The van der Waals surface area contributed by atoms with E-state index in [2.05, 4.69) is 5.32 Å². The zero-order chi connectivity index (χ0) is 18.7. The van der Waals surface area contributed by atoms with E-state index >= 15 is 0 Å². The van der Waals surface area contributed by atoms with Crippen molar-refractivity contribution in [3.05, 3.63) is 86.9 Å². The highest BCUT2D eigenvalue weighted by Gasteiger charge is 2.16. The van der Waals surface area contributed by atoms with Gasteiger partial charge in [0.1, 0.15) is 0 Å². The number of carbonyl (C=O) groups excluding carboxylic acids is 1. The maximum absolute atomic E-state index is 12.2. The van der Waals surface area contributed by atoms with Crippen LogP contribution in [-0.4, -0.2) is 22.5 Å². The molecule has 0 bridgehead atoms. The van der Waals surface area contributed by atoms with Gasteiger partial charge in [0.05, 0.1) is 21.6 Å². The van der Waals surface area contributed by atoms with Crippen molar-refractivity contribution >= 4 is 34.0 Å². The van der Waals surface area contributed by atoms with Gasteiger partial charge in [-0.15, -0.1) is 0 Å². The summed E-state index contributed by atoms with van der Waals surface area (Å²) in [7, 11) is 0. The normalized spacial score (nSPS) is 11.9. The lowest BCUT2D eigenvalue weighted by Crippen LogP contribution is -2.28. The molecule has 0 saturated carbocycles. The summed E-state index contributed by atoms with van der Waals surface area (Å²) in [6.07, 6.45) is -0.889. The highest BCUT2D eigenvalue weighted by Crippen LogP contribution is 2.23. The number of nitro benzene ring substituents is 1. The molecule has 0 saturated heterocycles. The van der Waals surface area contributed by atoms with Gasteiger partial charge in [0.25, 0.3) is 11.6 Å². The number of nitro groups is 1. The smallest absolute Gasteiger partial charge is 0.270 e. The number of rotatable bonds is 5. The molecule has 0 radical (unpaired) electrons. The molecule has 2 N–H and O–H groups in total. The lowest BCUT2D eigenvalue weighted by molar-refractivity contribution is -0.384. The fourth-order valence-electron chi connectivity index (χ4n) is 2.62. The van der Waals surface area contributed by atoms with Crippen molar-refractivity contribution in [1.29, 1.82) is 0 Å². The highest BCUT2D eigenvalue weighted by molar-refractivity contribution is 6.34. The molecule has 0 aliphatic carbocycles. The molecule has 6 nitrogen and oxygen atoms in total. The second-order valence-corrected chi connectivity index (χ2v) is 6.16. The van der Waals surface area contributed by atoms with E-state index in [1.807, 2.05) is 36.4 Å². The van der Waals surface area contributed by atoms with E-state index in [1.54, 1.807) is 6.07 Å². The largest absolute Gasteiger partial charge is 0.387 e. The molecule has 3 aromatic carbocycles. The standard InChI is InChI=1S/C19H15ClN2O4/c20-17-10-15(22(25)26)7-8-16(17)19(24)21-11-18(23)14-6-5-12-3-1-2-4-13(12)9-14/h1-10,18,23H,11H2,(H,21,24). The van der Waals surface area contributed by atoms with Crippen molar-refractivity contribution in [3.63, 3.8) is 0 Å². The number of non-ortho nitro benzene ring substituents is 1. The van der Waals surface area contributed by atoms with Gasteiger partial charge in [-0.05, 0) is 28.5 Å². The number of nitrogens with one attached hydrogen (secondary N) is 1. The Bertz CT molecular complexity index is 990. The topological polar surface area (TPSA) is 92.5 Å². The third-order valence-electron chi connectivity index (χ3n) is 4.02. The molecular weight excluding hydrogens is 356 g/mol. The van der Waals surface area contributed by atoms with E-state index in [0.717, 1.165) is 16.8 Å². The van der Waals surface area contributed by atoms with Gasteiger partial charge in [-0.3, -0.25) is 14.9 Å². The number of benzene rings is 3. The number of amides is 1. The molecule has 132 valence electrons. The number of aliphatic hydroxyl groups is 1. The number of aliphatic hydroxyl groups excluding tert-OH is 1. The van der Waals surface area contributed by atoms with Gasteiger partial charge in [-0.1, -0.05) is 48.0 Å². The molecule has 3 aromatic rings. The van der Waals surface area contributed by atoms with Gasteiger partial charge in [-0.2, -0.15) is 0 Å². The lowest BCUT2D eigenvalue weighted by Gasteiger charge is -2.13. The molecule has 7 heteroatoms. The van der Waals surface area contributed by atoms with Crippen LogP contribution >= 0.6 is 11.6 Å². The van der Waals surface area contributed by atoms with Crippen LogP contribution in [0.5, 0.6) is 0 Å². The summed E-state index contributed by atoms with van der Waals surface area (Å²) < 4.78 is 0. The molecule has 26 heavy (non-hydrogen) atoms. The number of nitrogens with zero attached hydrogens (tertiary/aromatic N) is 1. The van der Waals surface area contributed by atoms with Crippen molar-refractivity contribution in [2.45, 2.75) is 6.10 Å². The lowest BCUT2D eigenvalue weighted by atomic mass is 10.0. The van der Waals surface area contributed by atoms with Crippen molar-refractivity contribution < 1.29 is 14.8 Å². The molecule has 0 fully saturated rings. The van der Waals surface area contributed by atoms with E-state index in [4.69, 9.17) is 11.6 Å². The van der Waals surface area contributed by atoms with Crippen LogP contribution in [0, 0.1) is 10.1 Å². The molecule has 0 aromatic heterocycles. The number of fused-ring (bicyclic) bond motifs is 1. The second kappa shape index (κ2) is 7.51. The highest BCUT2D eigenvalue weighted by atomic mass is 35.5. The molecule has 0 aliphatic rings. The third-order valence-corrected chi connectivity index (χ3v) is 4.34. The summed E-state index contributed by atoms with van der Waals surface area (Å²) in [5.74, 6) is -0.510. The average molecular weight is 371 g/mol. The Labute approximate surface area is 154 Å². The Hall–Kier alpha value is -2.96. The fraction of sp³-hybridized carbons (Fsp3) is 0.105. The zero-order valence-electron chi connectivity index (χ0n) is 13.6. The van der Waals surface area contributed by atoms with Crippen LogP contribution in [0.25, 0.3) is 10.8 Å². The number of hydrogen-bond donors (Lipinski definition) is 2. The van der Waals surface area contributed by atoms with E-state index in [9.17, 15) is 20.0 Å². The Morgan fingerprint density at radius 3 is 2.54 bits per heavy atom. The second-order valence-electron chi connectivity index (χ2n) is 5.75. The van der Waals surface area contributed by atoms with E-state index in [0.29, 0.717) is 5.56 Å². The van der Waals surface area contributed by atoms with Gasteiger partial charge >= 0.3 is 0 Å². The molecule has 1 amide bonds. The maximum atomic E-state index is 12.2. The van der Waals surface area contributed by atoms with E-state index in [-0.39, 0.29) is 22.8 Å². The van der Waals surface area contributed by atoms with Gasteiger partial charge in [0, 0.05) is 18.7 Å². The molecular formula is C19H15ClN2O4. The van der Waals surface area contributed by atoms with Gasteiger partial charge in [0.15, 0.2) is 0 Å². The summed E-state index contributed by atoms with van der Waals surface area (Å²) in [6, 6.07) is 17.0. The van der Waals surface area contributed by atoms with Gasteiger partial charge < -0.3 is 10.4 Å². The number of hydrogen-bond acceptors (Lipinski definition) is 4. The van der Waals surface area contributed by atoms with Gasteiger partial charge in [0.2, 0.25) is 0 Å². The first kappa shape index (κ1) is 17.8. The summed E-state index contributed by atoms with van der Waals surface area (Å²) in [4.78, 5) is 22.3. The SMILES string of the molecule is O=C(NCC(O)c1ccc2ccccc2c1)c1ccc([N+](=O)[O-])cc1Cl. The van der Waals surface area contributed by atoms with Crippen molar-refractivity contribution in [3.8, 4) is 0 Å². The van der Waals surface area contributed by atoms with Crippen LogP contribution in [-0.2, 0) is 0 Å². The Balaban J connectivity index is 1.69. The zero-order valence-corrected chi connectivity index (χ0v) is 14.3. The molecule has 3 rings (SSSR count). The predicted molar refractivity (Wildman–Crippen MR) is 99.3 cm³/mol. The monoisotopic (exact) mass is 370 g/mol. The summed E-state index contributed by atoms with van der Waals surface area (Å²) in [6.45, 7) is -0.00943. The quantitative estimate of drug-likeness (QED) is 0.526. The summed E-state index contributed by atoms with van der Waals surface area (Å²) in [5, 5.41) is 25.7. The average Bonchev–Trinajstić information content (AvgIpc) is 2.65. The third kappa shape index (κ3) is 3.82. The van der Waals surface area contributed by atoms with Crippen molar-refractivity contribution in [2.24, 2.45) is 0 Å². The van der Waals surface area contributed by atoms with Gasteiger partial charge in [-0.25, -0.2) is 0 Å². The Morgan fingerprint density at radius 1 is 1.12 bits per heavy atom. The van der Waals surface area contributed by atoms with Crippen LogP contribution in [0.4, 0.5) is 5.69 Å². The molecule has 0 spiro atoms. The van der Waals surface area contributed by atoms with Crippen LogP contribution < -0.4 is 5.32 Å². The Morgan fingerprint density at radius 2 is 1.85 bits per heavy atom. The maximum Gasteiger partial charge on any atom is 0.270 e. The van der Waals surface area contributed by atoms with Crippen LogP contribution in [0.3, 0.4) is 0 Å². The first-order valence-electron chi connectivity index (χ1n) is 7.84. The first-order chi connectivity index (χ1) is 12.5. The minimum Gasteiger partial charge on any atom is -0.387 e. The van der Waals surface area contributed by atoms with E-state index < -0.39 is 16.9 Å².